The fraction of sp³-hybridized carbons (Fsp3) is 0.182. The summed E-state index contributed by atoms with van der Waals surface area (Å²) < 4.78 is 0. The van der Waals surface area contributed by atoms with Crippen LogP contribution >= 0.6 is 15.9 Å². The monoisotopic (exact) mass is 265 g/mol. The number of aldehydes is 1. The van der Waals surface area contributed by atoms with E-state index in [1.807, 2.05) is 6.07 Å². The summed E-state index contributed by atoms with van der Waals surface area (Å²) in [7, 11) is 0. The highest BCUT2D eigenvalue weighted by Gasteiger charge is 2.15. The Morgan fingerprint density at radius 1 is 1.60 bits per heavy atom. The number of nitrogens with zero attached hydrogens (tertiary/aromatic N) is 1. The van der Waals surface area contributed by atoms with Crippen LogP contribution in [0.15, 0.2) is 12.1 Å². The van der Waals surface area contributed by atoms with E-state index < -0.39 is 0 Å². The van der Waals surface area contributed by atoms with E-state index in [1.165, 1.54) is 0 Å². The van der Waals surface area contributed by atoms with Crippen molar-refractivity contribution in [3.05, 3.63) is 34.4 Å². The molecule has 0 saturated heterocycles. The van der Waals surface area contributed by atoms with Crippen molar-refractivity contribution in [1.82, 2.24) is 0 Å². The SMILES string of the molecule is Cc1cc(C#N)c(C(=O)CBr)c(C=O)c1. The second-order valence-electron chi connectivity index (χ2n) is 3.06. The number of Topliss-reactive ketones (excluding diaryl/α,β-unsaturated/α-hetero) is 1. The zero-order valence-corrected chi connectivity index (χ0v) is 9.67. The Balaban J connectivity index is 3.52. The summed E-state index contributed by atoms with van der Waals surface area (Å²) in [6.45, 7) is 1.77. The molecule has 4 heteroatoms. The van der Waals surface area contributed by atoms with Gasteiger partial charge < -0.3 is 0 Å². The van der Waals surface area contributed by atoms with Gasteiger partial charge >= 0.3 is 0 Å². The molecule has 0 unspecified atom stereocenters. The number of carbonyl (C=O) groups is 2. The van der Waals surface area contributed by atoms with Crippen molar-refractivity contribution in [1.29, 1.82) is 5.26 Å². The number of aryl methyl sites for hydroxylation is 1. The summed E-state index contributed by atoms with van der Waals surface area (Å²) in [6, 6.07) is 5.13. The van der Waals surface area contributed by atoms with Crippen molar-refractivity contribution >= 4 is 28.0 Å². The minimum absolute atomic E-state index is 0.103. The molecule has 0 radical (unpaired) electrons. The van der Waals surface area contributed by atoms with Crippen LogP contribution in [-0.2, 0) is 0 Å². The lowest BCUT2D eigenvalue weighted by molar-refractivity contribution is 0.101. The number of benzene rings is 1. The Hall–Kier alpha value is -1.47. The quantitative estimate of drug-likeness (QED) is 0.479. The number of halogens is 1. The third-order valence-electron chi connectivity index (χ3n) is 1.96. The molecule has 0 bridgehead atoms. The second kappa shape index (κ2) is 4.85. The number of rotatable bonds is 3. The predicted molar refractivity (Wildman–Crippen MR) is 59.4 cm³/mol. The van der Waals surface area contributed by atoms with Crippen molar-refractivity contribution in [2.45, 2.75) is 6.92 Å². The molecule has 0 spiro atoms. The highest BCUT2D eigenvalue weighted by molar-refractivity contribution is 9.09. The van der Waals surface area contributed by atoms with Crippen molar-refractivity contribution in [2.24, 2.45) is 0 Å². The number of alkyl halides is 1. The summed E-state index contributed by atoms with van der Waals surface area (Å²) in [5, 5.41) is 8.98. The van der Waals surface area contributed by atoms with Crippen LogP contribution in [0, 0.1) is 18.3 Å². The lowest BCUT2D eigenvalue weighted by Gasteiger charge is -2.05. The highest BCUT2D eigenvalue weighted by atomic mass is 79.9. The van der Waals surface area contributed by atoms with E-state index in [9.17, 15) is 9.59 Å². The van der Waals surface area contributed by atoms with Crippen LogP contribution < -0.4 is 0 Å². The lowest BCUT2D eigenvalue weighted by Crippen LogP contribution is -2.08. The molecule has 0 aromatic heterocycles. The maximum Gasteiger partial charge on any atom is 0.175 e. The number of nitriles is 1. The zero-order valence-electron chi connectivity index (χ0n) is 8.08. The number of ketones is 1. The van der Waals surface area contributed by atoms with Gasteiger partial charge in [-0.05, 0) is 24.6 Å². The third-order valence-corrected chi connectivity index (χ3v) is 2.47. The Morgan fingerprint density at radius 2 is 2.27 bits per heavy atom. The molecule has 76 valence electrons. The van der Waals surface area contributed by atoms with E-state index in [0.29, 0.717) is 6.29 Å². The number of hydrogen-bond acceptors (Lipinski definition) is 3. The van der Waals surface area contributed by atoms with Gasteiger partial charge in [-0.2, -0.15) is 5.26 Å². The number of carbonyl (C=O) groups excluding carboxylic acids is 2. The van der Waals surface area contributed by atoms with Gasteiger partial charge in [0.1, 0.15) is 0 Å². The molecule has 15 heavy (non-hydrogen) atoms. The standard InChI is InChI=1S/C11H8BrNO2/c1-7-2-8(5-13)11(10(15)4-12)9(3-7)6-14/h2-3,6H,4H2,1H3. The topological polar surface area (TPSA) is 57.9 Å². The first kappa shape index (κ1) is 11.6. The molecule has 0 heterocycles. The van der Waals surface area contributed by atoms with Gasteiger partial charge in [-0.15, -0.1) is 0 Å². The molecular formula is C11H8BrNO2. The van der Waals surface area contributed by atoms with Crippen molar-refractivity contribution in [3.63, 3.8) is 0 Å². The Kier molecular flexibility index (Phi) is 3.75. The van der Waals surface area contributed by atoms with Crippen LogP contribution in [0.4, 0.5) is 0 Å². The summed E-state index contributed by atoms with van der Waals surface area (Å²) in [6.07, 6.45) is 0.601. The summed E-state index contributed by atoms with van der Waals surface area (Å²) in [5.74, 6) is -0.256. The van der Waals surface area contributed by atoms with E-state index in [-0.39, 0.29) is 27.8 Å². The third kappa shape index (κ3) is 2.31. The maximum atomic E-state index is 11.5. The van der Waals surface area contributed by atoms with Gasteiger partial charge in [-0.3, -0.25) is 9.59 Å². The van der Waals surface area contributed by atoms with Crippen molar-refractivity contribution in [2.75, 3.05) is 5.33 Å². The molecule has 0 aliphatic carbocycles. The largest absolute Gasteiger partial charge is 0.298 e. The average Bonchev–Trinajstić information content (AvgIpc) is 2.26. The molecule has 0 atom stereocenters. The molecule has 1 rings (SSSR count). The van der Waals surface area contributed by atoms with Crippen molar-refractivity contribution < 1.29 is 9.59 Å². The van der Waals surface area contributed by atoms with Gasteiger partial charge in [0.05, 0.1) is 17.0 Å². The van der Waals surface area contributed by atoms with Gasteiger partial charge in [0.25, 0.3) is 0 Å². The fourth-order valence-electron chi connectivity index (χ4n) is 1.37. The van der Waals surface area contributed by atoms with Gasteiger partial charge in [0, 0.05) is 11.1 Å². The molecule has 3 nitrogen and oxygen atoms in total. The van der Waals surface area contributed by atoms with E-state index in [0.717, 1.165) is 5.56 Å². The van der Waals surface area contributed by atoms with Crippen LogP contribution in [0.3, 0.4) is 0 Å². The fourth-order valence-corrected chi connectivity index (χ4v) is 1.65. The van der Waals surface area contributed by atoms with E-state index in [4.69, 9.17) is 5.26 Å². The van der Waals surface area contributed by atoms with Crippen molar-refractivity contribution in [3.8, 4) is 6.07 Å². The minimum Gasteiger partial charge on any atom is -0.298 e. The van der Waals surface area contributed by atoms with E-state index in [1.54, 1.807) is 19.1 Å². The first-order valence-corrected chi connectivity index (χ1v) is 5.35. The minimum atomic E-state index is -0.256. The van der Waals surface area contributed by atoms with Gasteiger partial charge in [-0.25, -0.2) is 0 Å². The summed E-state index contributed by atoms with van der Waals surface area (Å²) in [5.41, 5.74) is 1.52. The highest BCUT2D eigenvalue weighted by Crippen LogP contribution is 2.17. The molecule has 0 aliphatic heterocycles. The lowest BCUT2D eigenvalue weighted by atomic mass is 9.97. The molecule has 0 fully saturated rings. The second-order valence-corrected chi connectivity index (χ2v) is 3.62. The van der Waals surface area contributed by atoms with Crippen LogP contribution in [0.1, 0.15) is 31.8 Å². The van der Waals surface area contributed by atoms with E-state index in [2.05, 4.69) is 15.9 Å². The molecule has 1 aromatic carbocycles. The molecule has 1 aromatic rings. The van der Waals surface area contributed by atoms with Crippen LogP contribution in [0.2, 0.25) is 0 Å². The predicted octanol–water partition coefficient (Wildman–Crippen LogP) is 2.26. The molecular weight excluding hydrogens is 258 g/mol. The smallest absolute Gasteiger partial charge is 0.175 e. The van der Waals surface area contributed by atoms with Gasteiger partial charge in [0.15, 0.2) is 12.1 Å². The van der Waals surface area contributed by atoms with Gasteiger partial charge in [0.2, 0.25) is 0 Å². The molecule has 0 amide bonds. The van der Waals surface area contributed by atoms with Crippen LogP contribution in [0.25, 0.3) is 0 Å². The Bertz CT molecular complexity index is 460. The maximum absolute atomic E-state index is 11.5. The molecule has 0 aliphatic rings. The van der Waals surface area contributed by atoms with E-state index >= 15 is 0 Å². The summed E-state index contributed by atoms with van der Waals surface area (Å²) in [4.78, 5) is 22.3. The Morgan fingerprint density at radius 3 is 2.73 bits per heavy atom. The summed E-state index contributed by atoms with van der Waals surface area (Å²) >= 11 is 3.02. The zero-order chi connectivity index (χ0) is 11.4. The molecule has 0 saturated carbocycles. The number of hydrogen-bond donors (Lipinski definition) is 0. The van der Waals surface area contributed by atoms with Gasteiger partial charge in [-0.1, -0.05) is 15.9 Å². The first-order valence-electron chi connectivity index (χ1n) is 4.23. The van der Waals surface area contributed by atoms with Crippen LogP contribution in [0.5, 0.6) is 0 Å². The Labute approximate surface area is 95.8 Å². The van der Waals surface area contributed by atoms with Crippen LogP contribution in [-0.4, -0.2) is 17.4 Å². The molecule has 0 N–H and O–H groups in total. The normalized spacial score (nSPS) is 9.40. The first-order chi connectivity index (χ1) is 7.13. The average molecular weight is 266 g/mol.